The van der Waals surface area contributed by atoms with Gasteiger partial charge in [0.15, 0.2) is 0 Å². The molecule has 0 amide bonds. The van der Waals surface area contributed by atoms with Gasteiger partial charge in [-0.05, 0) is 0 Å². The molecule has 0 atom stereocenters. The number of benzene rings is 3. The van der Waals surface area contributed by atoms with Gasteiger partial charge in [0, 0.05) is 0 Å². The van der Waals surface area contributed by atoms with Crippen molar-refractivity contribution in [2.24, 2.45) is 0 Å². The Balaban J connectivity index is 1.84. The van der Waals surface area contributed by atoms with Crippen molar-refractivity contribution in [2.75, 3.05) is 0 Å². The molecule has 0 radical (unpaired) electrons. The zero-order chi connectivity index (χ0) is 19.1. The molecule has 27 heavy (non-hydrogen) atoms. The number of hydrogen-bond acceptors (Lipinski definition) is 0. The SMILES string of the molecule is Cc1ccc(C[Se]/C(=C\C#Cc2cccc(C)c2)c2cccc(C)c2)cc1. The Kier molecular flexibility index (Phi) is 6.72. The van der Waals surface area contributed by atoms with E-state index in [9.17, 15) is 0 Å². The predicted octanol–water partition coefficient (Wildman–Crippen LogP) is 5.91. The van der Waals surface area contributed by atoms with E-state index in [0.717, 1.165) is 10.9 Å². The van der Waals surface area contributed by atoms with Gasteiger partial charge in [-0.3, -0.25) is 0 Å². The van der Waals surface area contributed by atoms with E-state index in [0.29, 0.717) is 15.0 Å². The average molecular weight is 415 g/mol. The van der Waals surface area contributed by atoms with Gasteiger partial charge in [-0.1, -0.05) is 0 Å². The van der Waals surface area contributed by atoms with Gasteiger partial charge in [0.05, 0.1) is 0 Å². The van der Waals surface area contributed by atoms with Crippen LogP contribution in [0.2, 0.25) is 0 Å². The van der Waals surface area contributed by atoms with Gasteiger partial charge in [0.2, 0.25) is 0 Å². The summed E-state index contributed by atoms with van der Waals surface area (Å²) in [6.07, 6.45) is 2.12. The van der Waals surface area contributed by atoms with E-state index in [-0.39, 0.29) is 0 Å². The molecule has 0 N–H and O–H groups in total. The van der Waals surface area contributed by atoms with E-state index in [4.69, 9.17) is 0 Å². The van der Waals surface area contributed by atoms with Gasteiger partial charge in [0.25, 0.3) is 0 Å². The number of allylic oxidation sites excluding steroid dienone is 1. The standard InChI is InChI=1S/C26H24Se/c1-20-13-15-24(16-14-20)19-27-26(25-11-5-8-22(3)18-25)12-6-10-23-9-4-7-21(2)17-23/h4-5,7-9,11-18H,19H2,1-3H3/b26-12-. The normalized spacial score (nSPS) is 11.0. The number of hydrogen-bond donors (Lipinski definition) is 0. The van der Waals surface area contributed by atoms with Crippen LogP contribution in [0.25, 0.3) is 4.47 Å². The van der Waals surface area contributed by atoms with Crippen LogP contribution in [-0.2, 0) is 5.32 Å². The average Bonchev–Trinajstić information content (AvgIpc) is 2.66. The monoisotopic (exact) mass is 416 g/mol. The Morgan fingerprint density at radius 3 is 2.22 bits per heavy atom. The summed E-state index contributed by atoms with van der Waals surface area (Å²) in [5.74, 6) is 6.59. The molecule has 0 aromatic heterocycles. The zero-order valence-electron chi connectivity index (χ0n) is 16.1. The van der Waals surface area contributed by atoms with E-state index in [2.05, 4.69) is 111 Å². The van der Waals surface area contributed by atoms with Crippen LogP contribution < -0.4 is 0 Å². The van der Waals surface area contributed by atoms with Gasteiger partial charge in [-0.15, -0.1) is 0 Å². The molecule has 0 nitrogen and oxygen atoms in total. The van der Waals surface area contributed by atoms with Crippen molar-refractivity contribution in [1.29, 1.82) is 0 Å². The van der Waals surface area contributed by atoms with Crippen LogP contribution in [0.1, 0.15) is 33.4 Å². The van der Waals surface area contributed by atoms with Crippen LogP contribution >= 0.6 is 0 Å². The summed E-state index contributed by atoms with van der Waals surface area (Å²) in [7, 11) is 0. The van der Waals surface area contributed by atoms with Crippen molar-refractivity contribution in [1.82, 2.24) is 0 Å². The fraction of sp³-hybridized carbons (Fsp3) is 0.154. The molecule has 0 fully saturated rings. The van der Waals surface area contributed by atoms with Crippen LogP contribution in [0.15, 0.2) is 78.9 Å². The van der Waals surface area contributed by atoms with Crippen LogP contribution in [0.5, 0.6) is 0 Å². The molecule has 0 aliphatic rings. The molecule has 3 aromatic rings. The van der Waals surface area contributed by atoms with E-state index < -0.39 is 0 Å². The molecule has 0 saturated heterocycles. The Hall–Kier alpha value is -2.52. The summed E-state index contributed by atoms with van der Waals surface area (Å²) in [4.78, 5) is 0. The molecule has 1 heteroatoms. The fourth-order valence-corrected chi connectivity index (χ4v) is 4.75. The third-order valence-electron chi connectivity index (χ3n) is 4.26. The zero-order valence-corrected chi connectivity index (χ0v) is 17.8. The maximum atomic E-state index is 3.30. The summed E-state index contributed by atoms with van der Waals surface area (Å²) in [6.45, 7) is 6.38. The Morgan fingerprint density at radius 2 is 1.52 bits per heavy atom. The first-order valence-corrected chi connectivity index (χ1v) is 11.2. The third-order valence-corrected chi connectivity index (χ3v) is 6.65. The third kappa shape index (κ3) is 6.00. The summed E-state index contributed by atoms with van der Waals surface area (Å²) < 4.78 is 1.35. The van der Waals surface area contributed by atoms with Crippen molar-refractivity contribution >= 4 is 19.4 Å². The van der Waals surface area contributed by atoms with Gasteiger partial charge < -0.3 is 0 Å². The topological polar surface area (TPSA) is 0 Å². The molecule has 0 bridgehead atoms. The minimum absolute atomic E-state index is 0.338. The van der Waals surface area contributed by atoms with Crippen molar-refractivity contribution in [3.63, 3.8) is 0 Å². The maximum absolute atomic E-state index is 3.30. The summed E-state index contributed by atoms with van der Waals surface area (Å²) in [5.41, 5.74) is 7.60. The van der Waals surface area contributed by atoms with E-state index in [1.54, 1.807) is 0 Å². The predicted molar refractivity (Wildman–Crippen MR) is 118 cm³/mol. The number of rotatable bonds is 4. The van der Waals surface area contributed by atoms with Gasteiger partial charge in [-0.25, -0.2) is 0 Å². The van der Waals surface area contributed by atoms with Crippen LogP contribution in [0.3, 0.4) is 0 Å². The van der Waals surface area contributed by atoms with E-state index in [1.165, 1.54) is 32.3 Å². The molecular weight excluding hydrogens is 391 g/mol. The molecule has 0 spiro atoms. The van der Waals surface area contributed by atoms with Crippen molar-refractivity contribution in [2.45, 2.75) is 26.1 Å². The molecule has 0 unspecified atom stereocenters. The first-order chi connectivity index (χ1) is 13.1. The number of aryl methyl sites for hydroxylation is 3. The first kappa shape index (κ1) is 19.2. The molecule has 0 aliphatic heterocycles. The van der Waals surface area contributed by atoms with Gasteiger partial charge in [-0.2, -0.15) is 0 Å². The second-order valence-corrected chi connectivity index (χ2v) is 8.93. The quantitative estimate of drug-likeness (QED) is 0.367. The van der Waals surface area contributed by atoms with Crippen molar-refractivity contribution in [3.05, 3.63) is 112 Å². The minimum atomic E-state index is 0.338. The fourth-order valence-electron chi connectivity index (χ4n) is 2.76. The van der Waals surface area contributed by atoms with Gasteiger partial charge in [0.1, 0.15) is 0 Å². The summed E-state index contributed by atoms with van der Waals surface area (Å²) in [5, 5.41) is 1.08. The Morgan fingerprint density at radius 1 is 0.815 bits per heavy atom. The Labute approximate surface area is 169 Å². The molecule has 0 aliphatic carbocycles. The molecule has 0 saturated carbocycles. The van der Waals surface area contributed by atoms with Crippen LogP contribution in [-0.4, -0.2) is 15.0 Å². The van der Waals surface area contributed by atoms with Gasteiger partial charge >= 0.3 is 170 Å². The summed E-state index contributed by atoms with van der Waals surface area (Å²) >= 11 is 0.338. The molecule has 3 rings (SSSR count). The molecule has 0 heterocycles. The van der Waals surface area contributed by atoms with Crippen LogP contribution in [0, 0.1) is 32.6 Å². The first-order valence-electron chi connectivity index (χ1n) is 9.14. The second kappa shape index (κ2) is 9.43. The van der Waals surface area contributed by atoms with Crippen molar-refractivity contribution in [3.8, 4) is 11.8 Å². The van der Waals surface area contributed by atoms with Crippen LogP contribution in [0.4, 0.5) is 0 Å². The summed E-state index contributed by atoms with van der Waals surface area (Å²) in [6, 6.07) is 26.0. The molecule has 134 valence electrons. The van der Waals surface area contributed by atoms with Crippen molar-refractivity contribution < 1.29 is 0 Å². The molecule has 3 aromatic carbocycles. The molecular formula is C26H24Se. The second-order valence-electron chi connectivity index (χ2n) is 6.79. The van der Waals surface area contributed by atoms with E-state index >= 15 is 0 Å². The Bertz CT molecular complexity index is 998. The van der Waals surface area contributed by atoms with E-state index in [1.807, 2.05) is 0 Å².